The van der Waals surface area contributed by atoms with Gasteiger partial charge in [0.2, 0.25) is 0 Å². The van der Waals surface area contributed by atoms with Crippen molar-refractivity contribution in [2.24, 2.45) is 0 Å². The quantitative estimate of drug-likeness (QED) is 0.109. The first-order valence-corrected chi connectivity index (χ1v) is 18.2. The molecule has 34 heavy (non-hydrogen) atoms. The van der Waals surface area contributed by atoms with Gasteiger partial charge in [-0.15, -0.1) is 45.9 Å². The molecule has 0 saturated carbocycles. The molecule has 1 aliphatic carbocycles. The Morgan fingerprint density at radius 2 is 1.53 bits per heavy atom. The van der Waals surface area contributed by atoms with E-state index in [1.165, 1.54) is 71.0 Å². The van der Waals surface area contributed by atoms with Gasteiger partial charge in [-0.2, -0.15) is 35.9 Å². The number of hydrogen-bond donors (Lipinski definition) is 0. The molecule has 0 saturated heterocycles. The smallest absolute Gasteiger partial charge is 0.0253 e. The summed E-state index contributed by atoms with van der Waals surface area (Å²) in [7, 11) is 9.86. The van der Waals surface area contributed by atoms with Gasteiger partial charge in [0.25, 0.3) is 0 Å². The summed E-state index contributed by atoms with van der Waals surface area (Å²) < 4.78 is 0. The van der Waals surface area contributed by atoms with Crippen LogP contribution in [0.15, 0.2) is 78.9 Å². The number of benzene rings is 3. The van der Waals surface area contributed by atoms with Crippen molar-refractivity contribution in [3.63, 3.8) is 0 Å². The van der Waals surface area contributed by atoms with Gasteiger partial charge in [0.05, 0.1) is 0 Å². The summed E-state index contributed by atoms with van der Waals surface area (Å²) in [4.78, 5) is 0. The average Bonchev–Trinajstić information content (AvgIpc) is 3.46. The van der Waals surface area contributed by atoms with Gasteiger partial charge in [0, 0.05) is 0 Å². The van der Waals surface area contributed by atoms with Gasteiger partial charge < -0.3 is 0 Å². The molecule has 0 aliphatic heterocycles. The van der Waals surface area contributed by atoms with Crippen molar-refractivity contribution in [1.82, 2.24) is 0 Å². The van der Waals surface area contributed by atoms with Crippen LogP contribution in [-0.2, 0) is 23.5 Å². The van der Waals surface area contributed by atoms with Gasteiger partial charge >= 0.3 is 35.6 Å². The van der Waals surface area contributed by atoms with Gasteiger partial charge in [-0.05, 0) is 31.6 Å². The molecule has 0 N–H and O–H groups in total. The van der Waals surface area contributed by atoms with Crippen LogP contribution in [0.1, 0.15) is 50.7 Å². The monoisotopic (exact) mass is 542 g/mol. The van der Waals surface area contributed by atoms with Crippen molar-refractivity contribution >= 4 is 42.6 Å². The zero-order chi connectivity index (χ0) is 24.2. The fraction of sp³-hybridized carbons (Fsp3) is 0.300. The molecule has 0 nitrogen and oxygen atoms in total. The zero-order valence-electron chi connectivity index (χ0n) is 20.2. The van der Waals surface area contributed by atoms with Crippen LogP contribution in [0.3, 0.4) is 0 Å². The summed E-state index contributed by atoms with van der Waals surface area (Å²) in [5.74, 6) is 0. The Morgan fingerprint density at radius 1 is 0.882 bits per heavy atom. The maximum absolute atomic E-state index is 4.89. The fourth-order valence-electron chi connectivity index (χ4n) is 4.38. The minimum atomic E-state index is -0.556. The Morgan fingerprint density at radius 3 is 2.24 bits per heavy atom. The molecule has 0 unspecified atom stereocenters. The number of hydrogen-bond acceptors (Lipinski definition) is 0. The predicted octanol–water partition coefficient (Wildman–Crippen LogP) is 9.70. The molecule has 0 heterocycles. The van der Waals surface area contributed by atoms with Gasteiger partial charge in [-0.3, -0.25) is 0 Å². The zero-order valence-corrected chi connectivity index (χ0v) is 24.1. The number of halogens is 2. The average molecular weight is 543 g/mol. The van der Waals surface area contributed by atoms with Crippen LogP contribution in [-0.4, -0.2) is 12.3 Å². The number of rotatable bonds is 7. The second-order valence-electron chi connectivity index (χ2n) is 8.50. The molecule has 0 atom stereocenters. The van der Waals surface area contributed by atoms with Crippen molar-refractivity contribution in [3.8, 4) is 11.1 Å². The summed E-state index contributed by atoms with van der Waals surface area (Å²) in [6.07, 6.45) is 9.31. The van der Waals surface area contributed by atoms with E-state index >= 15 is 0 Å². The predicted molar refractivity (Wildman–Crippen MR) is 151 cm³/mol. The topological polar surface area (TPSA) is 0 Å². The Labute approximate surface area is 223 Å². The third-order valence-electron chi connectivity index (χ3n) is 6.15. The molecule has 0 bridgehead atoms. The third-order valence-corrected chi connectivity index (χ3v) is 8.85. The van der Waals surface area contributed by atoms with E-state index in [1.54, 1.807) is 5.30 Å². The van der Waals surface area contributed by atoms with Crippen LogP contribution < -0.4 is 5.30 Å². The van der Waals surface area contributed by atoms with E-state index < -0.39 is 17.0 Å². The van der Waals surface area contributed by atoms with Crippen molar-refractivity contribution in [1.29, 1.82) is 0 Å². The van der Waals surface area contributed by atoms with E-state index in [9.17, 15) is 0 Å². The summed E-state index contributed by atoms with van der Waals surface area (Å²) >= 11 is -0.556. The maximum atomic E-state index is 4.89. The largest absolute Gasteiger partial charge is 0.179 e. The van der Waals surface area contributed by atoms with Crippen LogP contribution in [0.2, 0.25) is 0 Å². The molecular formula is C30H33Cl2PTi-2. The molecule has 5 rings (SSSR count). The molecule has 4 heteroatoms. The Bertz CT molecular complexity index is 1050. The third kappa shape index (κ3) is 7.75. The Hall–Kier alpha value is -1.01. The summed E-state index contributed by atoms with van der Waals surface area (Å²) in [5, 5.41) is 4.48. The molecule has 178 valence electrons. The molecule has 0 aromatic heterocycles. The molecule has 0 amide bonds. The van der Waals surface area contributed by atoms with Gasteiger partial charge in [-0.1, -0.05) is 76.1 Å². The second kappa shape index (κ2) is 15.2. The van der Waals surface area contributed by atoms with Crippen molar-refractivity contribution in [2.45, 2.75) is 46.0 Å². The minimum absolute atomic E-state index is 0.0856. The van der Waals surface area contributed by atoms with Crippen LogP contribution in [0.4, 0.5) is 0 Å². The van der Waals surface area contributed by atoms with Crippen molar-refractivity contribution in [2.75, 3.05) is 12.3 Å². The first-order chi connectivity index (χ1) is 16.7. The van der Waals surface area contributed by atoms with Crippen LogP contribution in [0, 0.1) is 6.07 Å². The van der Waals surface area contributed by atoms with E-state index in [2.05, 4.69) is 92.7 Å². The Balaban J connectivity index is 0.000000177. The van der Waals surface area contributed by atoms with E-state index in [1.807, 2.05) is 6.07 Å². The van der Waals surface area contributed by atoms with Crippen LogP contribution in [0.5, 0.6) is 0 Å². The van der Waals surface area contributed by atoms with E-state index in [0.29, 0.717) is 0 Å². The minimum Gasteiger partial charge on any atom is -0.179 e. The van der Waals surface area contributed by atoms with E-state index in [4.69, 9.17) is 18.6 Å². The maximum Gasteiger partial charge on any atom is -0.0253 e. The normalized spacial score (nSPS) is 11.2. The van der Waals surface area contributed by atoms with Gasteiger partial charge in [0.15, 0.2) is 0 Å². The number of unbranched alkanes of at least 4 members (excludes halogenated alkanes) is 2. The molecule has 4 aromatic rings. The summed E-state index contributed by atoms with van der Waals surface area (Å²) in [6, 6.07) is 31.8. The van der Waals surface area contributed by atoms with Gasteiger partial charge in [0.1, 0.15) is 0 Å². The van der Waals surface area contributed by atoms with E-state index in [0.717, 1.165) is 6.42 Å². The van der Waals surface area contributed by atoms with Crippen molar-refractivity contribution < 1.29 is 17.0 Å². The molecule has 1 aliphatic rings. The first kappa shape index (κ1) is 27.6. The molecular weight excluding hydrogens is 510 g/mol. The standard InChI is InChI=1S/C17H24P.C13H9.2ClH.Ti/c1-3-5-11-18(12-6-4-2)17-13-15-9-7-8-10-16(15)14-17;1-3-7-12-10(5-1)9-11-6-2-4-8-13(11)12;;;/h7-10,13-14H,3-6,11-12H2,1-2H3;1-5,7-8H,9H2;2*1H;/q2*-1;;;+2/p-2. The Kier molecular flexibility index (Phi) is 12.3. The summed E-state index contributed by atoms with van der Waals surface area (Å²) in [6.45, 7) is 4.60. The summed E-state index contributed by atoms with van der Waals surface area (Å²) in [5.41, 5.74) is 5.51. The fourth-order valence-corrected chi connectivity index (χ4v) is 7.16. The van der Waals surface area contributed by atoms with Crippen molar-refractivity contribution in [3.05, 3.63) is 96.1 Å². The van der Waals surface area contributed by atoms with E-state index in [-0.39, 0.29) is 7.92 Å². The molecule has 0 radical (unpaired) electrons. The van der Waals surface area contributed by atoms with Crippen LogP contribution >= 0.6 is 26.5 Å². The molecule has 0 spiro atoms. The van der Waals surface area contributed by atoms with Crippen LogP contribution in [0.25, 0.3) is 21.9 Å². The number of fused-ring (bicyclic) bond motifs is 4. The second-order valence-corrected chi connectivity index (χ2v) is 13.6. The first-order valence-electron chi connectivity index (χ1n) is 12.2. The SMILES string of the molecule is CCCCP(CCCC)c1cc2ccccc2[cH-]1.[Cl][Ti][Cl].[c-]1cccc2c1Cc1ccccc1-2. The van der Waals surface area contributed by atoms with Gasteiger partial charge in [-0.25, -0.2) is 0 Å². The molecule has 0 fully saturated rings. The molecule has 4 aromatic carbocycles.